The van der Waals surface area contributed by atoms with Crippen molar-refractivity contribution in [2.75, 3.05) is 0 Å². The molecule has 0 aliphatic heterocycles. The molecule has 106 valence electrons. The monoisotopic (exact) mass is 263 g/mol. The van der Waals surface area contributed by atoms with Gasteiger partial charge in [-0.1, -0.05) is 17.7 Å². The van der Waals surface area contributed by atoms with Crippen LogP contribution in [-0.2, 0) is 4.79 Å². The summed E-state index contributed by atoms with van der Waals surface area (Å²) in [6.07, 6.45) is 0.331. The number of benzene rings is 1. The maximum absolute atomic E-state index is 11.9. The summed E-state index contributed by atoms with van der Waals surface area (Å²) in [6.45, 7) is 11.8. The van der Waals surface area contributed by atoms with E-state index in [1.807, 2.05) is 65.8 Å². The van der Waals surface area contributed by atoms with Crippen molar-refractivity contribution in [3.8, 4) is 5.75 Å². The van der Waals surface area contributed by atoms with Gasteiger partial charge >= 0.3 is 0 Å². The summed E-state index contributed by atoms with van der Waals surface area (Å²) < 4.78 is 5.88. The first-order valence-corrected chi connectivity index (χ1v) is 6.64. The highest BCUT2D eigenvalue weighted by Crippen LogP contribution is 2.21. The average molecular weight is 263 g/mol. The summed E-state index contributed by atoms with van der Waals surface area (Å²) in [7, 11) is 0. The fraction of sp³-hybridized carbons (Fsp3) is 0.562. The van der Waals surface area contributed by atoms with E-state index in [-0.39, 0.29) is 11.4 Å². The number of nitrogens with one attached hydrogen (secondary N) is 1. The van der Waals surface area contributed by atoms with Gasteiger partial charge in [-0.2, -0.15) is 0 Å². The highest BCUT2D eigenvalue weighted by molar-refractivity contribution is 5.77. The number of amides is 1. The van der Waals surface area contributed by atoms with E-state index in [9.17, 15) is 4.79 Å². The van der Waals surface area contributed by atoms with Gasteiger partial charge in [0.25, 0.3) is 0 Å². The van der Waals surface area contributed by atoms with E-state index in [0.29, 0.717) is 6.42 Å². The Kier molecular flexibility index (Phi) is 4.61. The van der Waals surface area contributed by atoms with Crippen molar-refractivity contribution in [1.82, 2.24) is 5.32 Å². The molecule has 0 radical (unpaired) electrons. The normalized spacial score (nSPS) is 12.1. The second-order valence-corrected chi connectivity index (χ2v) is 6.65. The summed E-state index contributed by atoms with van der Waals surface area (Å²) >= 11 is 0. The largest absolute Gasteiger partial charge is 0.487 e. The number of hydrogen-bond acceptors (Lipinski definition) is 2. The first-order valence-electron chi connectivity index (χ1n) is 6.64. The van der Waals surface area contributed by atoms with Gasteiger partial charge in [0.05, 0.1) is 6.42 Å². The predicted octanol–water partition coefficient (Wildman–Crippen LogP) is 3.46. The number of rotatable bonds is 4. The molecule has 0 aliphatic carbocycles. The summed E-state index contributed by atoms with van der Waals surface area (Å²) in [6, 6.07) is 7.86. The van der Waals surface area contributed by atoms with Crippen LogP contribution in [0, 0.1) is 6.92 Å². The molecule has 0 aromatic heterocycles. The lowest BCUT2D eigenvalue weighted by atomic mass is 10.0. The Hall–Kier alpha value is -1.51. The third kappa shape index (κ3) is 6.27. The van der Waals surface area contributed by atoms with E-state index in [0.717, 1.165) is 5.75 Å². The molecule has 0 heterocycles. The molecule has 0 unspecified atom stereocenters. The van der Waals surface area contributed by atoms with E-state index in [4.69, 9.17) is 4.74 Å². The second-order valence-electron chi connectivity index (χ2n) is 6.65. The lowest BCUT2D eigenvalue weighted by molar-refractivity contribution is -0.125. The molecular weight excluding hydrogens is 238 g/mol. The number of carbonyl (C=O) groups is 1. The van der Waals surface area contributed by atoms with Gasteiger partial charge in [0.15, 0.2) is 0 Å². The first kappa shape index (κ1) is 15.5. The smallest absolute Gasteiger partial charge is 0.224 e. The Morgan fingerprint density at radius 3 is 2.11 bits per heavy atom. The molecule has 0 bridgehead atoms. The Morgan fingerprint density at radius 1 is 1.11 bits per heavy atom. The van der Waals surface area contributed by atoms with E-state index in [1.165, 1.54) is 5.56 Å². The summed E-state index contributed by atoms with van der Waals surface area (Å²) in [5, 5.41) is 2.95. The molecule has 0 aliphatic rings. The fourth-order valence-electron chi connectivity index (χ4n) is 1.81. The minimum Gasteiger partial charge on any atom is -0.487 e. The molecular formula is C16H25NO2. The zero-order chi connectivity index (χ0) is 14.7. The molecule has 19 heavy (non-hydrogen) atoms. The molecule has 1 N–H and O–H groups in total. The highest BCUT2D eigenvalue weighted by atomic mass is 16.5. The van der Waals surface area contributed by atoms with Gasteiger partial charge in [-0.05, 0) is 53.7 Å². The molecule has 0 atom stereocenters. The van der Waals surface area contributed by atoms with E-state index in [1.54, 1.807) is 0 Å². The predicted molar refractivity (Wildman–Crippen MR) is 78.4 cm³/mol. The topological polar surface area (TPSA) is 38.3 Å². The van der Waals surface area contributed by atoms with Gasteiger partial charge in [-0.3, -0.25) is 4.79 Å². The lowest BCUT2D eigenvalue weighted by Gasteiger charge is -2.28. The van der Waals surface area contributed by atoms with Gasteiger partial charge < -0.3 is 10.1 Å². The Morgan fingerprint density at radius 2 is 1.63 bits per heavy atom. The van der Waals surface area contributed by atoms with Gasteiger partial charge in [0.1, 0.15) is 11.4 Å². The van der Waals surface area contributed by atoms with Crippen molar-refractivity contribution < 1.29 is 9.53 Å². The highest BCUT2D eigenvalue weighted by Gasteiger charge is 2.26. The number of carbonyl (C=O) groups excluding carboxylic acids is 1. The lowest BCUT2D eigenvalue weighted by Crippen LogP contribution is -2.44. The van der Waals surface area contributed by atoms with Crippen molar-refractivity contribution in [1.29, 1.82) is 0 Å². The van der Waals surface area contributed by atoms with Crippen molar-refractivity contribution in [2.24, 2.45) is 0 Å². The average Bonchev–Trinajstić information content (AvgIpc) is 2.17. The van der Waals surface area contributed by atoms with E-state index in [2.05, 4.69) is 5.32 Å². The molecule has 1 rings (SSSR count). The molecule has 1 aromatic carbocycles. The van der Waals surface area contributed by atoms with Crippen molar-refractivity contribution >= 4 is 5.91 Å². The number of ether oxygens (including phenoxy) is 1. The summed E-state index contributed by atoms with van der Waals surface area (Å²) in [5.74, 6) is 0.795. The van der Waals surface area contributed by atoms with Crippen LogP contribution in [-0.4, -0.2) is 17.0 Å². The molecule has 3 nitrogen and oxygen atoms in total. The number of hydrogen-bond donors (Lipinski definition) is 1. The van der Waals surface area contributed by atoms with Crippen LogP contribution in [0.3, 0.4) is 0 Å². The zero-order valence-corrected chi connectivity index (χ0v) is 12.8. The van der Waals surface area contributed by atoms with E-state index < -0.39 is 5.60 Å². The van der Waals surface area contributed by atoms with Crippen LogP contribution in [0.5, 0.6) is 5.75 Å². The Labute approximate surface area is 116 Å². The van der Waals surface area contributed by atoms with Crippen molar-refractivity contribution in [2.45, 2.75) is 59.1 Å². The molecule has 0 saturated carbocycles. The van der Waals surface area contributed by atoms with Crippen LogP contribution in [0.2, 0.25) is 0 Å². The van der Waals surface area contributed by atoms with Gasteiger partial charge in [0, 0.05) is 5.54 Å². The molecule has 3 heteroatoms. The molecule has 1 aromatic rings. The van der Waals surface area contributed by atoms with Gasteiger partial charge in [-0.25, -0.2) is 0 Å². The standard InChI is InChI=1S/C16H25NO2/c1-12-7-9-13(10-8-12)19-16(5,6)11-14(18)17-15(2,3)4/h7-10H,11H2,1-6H3,(H,17,18). The van der Waals surface area contributed by atoms with Crippen LogP contribution in [0.1, 0.15) is 46.6 Å². The minimum absolute atomic E-state index is 0.00427. The van der Waals surface area contributed by atoms with Gasteiger partial charge in [-0.15, -0.1) is 0 Å². The summed E-state index contributed by atoms with van der Waals surface area (Å²) in [5.41, 5.74) is 0.456. The second kappa shape index (κ2) is 5.64. The Balaban J connectivity index is 2.61. The zero-order valence-electron chi connectivity index (χ0n) is 12.8. The van der Waals surface area contributed by atoms with E-state index >= 15 is 0 Å². The van der Waals surface area contributed by atoms with Crippen molar-refractivity contribution in [3.63, 3.8) is 0 Å². The molecule has 1 amide bonds. The first-order chi connectivity index (χ1) is 8.57. The fourth-order valence-corrected chi connectivity index (χ4v) is 1.81. The summed E-state index contributed by atoms with van der Waals surface area (Å²) in [4.78, 5) is 11.9. The number of aryl methyl sites for hydroxylation is 1. The minimum atomic E-state index is -0.523. The molecule has 0 spiro atoms. The maximum atomic E-state index is 11.9. The molecule has 0 fully saturated rings. The molecule has 0 saturated heterocycles. The Bertz CT molecular complexity index is 427. The van der Waals surface area contributed by atoms with Crippen LogP contribution >= 0.6 is 0 Å². The third-order valence-electron chi connectivity index (χ3n) is 2.52. The van der Waals surface area contributed by atoms with Gasteiger partial charge in [0.2, 0.25) is 5.91 Å². The maximum Gasteiger partial charge on any atom is 0.224 e. The SMILES string of the molecule is Cc1ccc(OC(C)(C)CC(=O)NC(C)(C)C)cc1. The van der Waals surface area contributed by atoms with Crippen LogP contribution in [0.25, 0.3) is 0 Å². The van der Waals surface area contributed by atoms with Crippen molar-refractivity contribution in [3.05, 3.63) is 29.8 Å². The third-order valence-corrected chi connectivity index (χ3v) is 2.52. The quantitative estimate of drug-likeness (QED) is 0.903. The van der Waals surface area contributed by atoms with Crippen LogP contribution in [0.15, 0.2) is 24.3 Å². The van der Waals surface area contributed by atoms with Crippen LogP contribution in [0.4, 0.5) is 0 Å². The van der Waals surface area contributed by atoms with Crippen LogP contribution < -0.4 is 10.1 Å².